The Hall–Kier alpha value is -4.86. The predicted octanol–water partition coefficient (Wildman–Crippen LogP) is 5.78. The van der Waals surface area contributed by atoms with Gasteiger partial charge in [-0.05, 0) is 76.9 Å². The van der Waals surface area contributed by atoms with E-state index in [2.05, 4.69) is 16.4 Å². The normalized spacial score (nSPS) is 11.6. The number of anilines is 1. The zero-order valence-corrected chi connectivity index (χ0v) is 26.1. The average Bonchev–Trinajstić information content (AvgIpc) is 2.92. The Kier molecular flexibility index (Phi) is 10.4. The predicted molar refractivity (Wildman–Crippen MR) is 167 cm³/mol. The van der Waals surface area contributed by atoms with Crippen molar-refractivity contribution in [2.75, 3.05) is 19.6 Å². The smallest absolute Gasteiger partial charge is 0.410 e. The highest BCUT2D eigenvalue weighted by molar-refractivity contribution is 5.81. The molecular formula is C32H40N6O6. The number of carboxylic acid groups (broad SMARTS) is 2. The number of carbonyl (C=O) groups is 2. The van der Waals surface area contributed by atoms with Crippen LogP contribution in [0.25, 0.3) is 22.4 Å². The Morgan fingerprint density at radius 1 is 0.977 bits per heavy atom. The lowest BCUT2D eigenvalue weighted by atomic mass is 9.96. The van der Waals surface area contributed by atoms with Gasteiger partial charge in [-0.15, -0.1) is 0 Å². The topological polar surface area (TPSA) is 174 Å². The number of hydrogen-bond donors (Lipinski definition) is 4. The van der Waals surface area contributed by atoms with E-state index in [1.165, 1.54) is 7.11 Å². The lowest BCUT2D eigenvalue weighted by molar-refractivity contribution is -0.0460. The standard InChI is InChI=1S/C32H40N6O6/c1-31(2,3)37(29(39)40)28(38(30(41)42)32(4,5)6)35-18-20-11-10-12-21(15-20)23-16-25(36-27(34)24(23)17-33)22-13-8-9-14-26(22)44-19-43-7/h8-16,28,35H,18-19H2,1-7H3,(H2,34,36)(H,39,40)(H,41,42). The number of nitrogens with zero attached hydrogens (tertiary/aromatic N) is 4. The van der Waals surface area contributed by atoms with Crippen molar-refractivity contribution in [3.05, 3.63) is 65.7 Å². The highest BCUT2D eigenvalue weighted by atomic mass is 16.7. The number of benzene rings is 2. The molecule has 1 aromatic heterocycles. The van der Waals surface area contributed by atoms with Crippen LogP contribution in [0.15, 0.2) is 54.6 Å². The van der Waals surface area contributed by atoms with Crippen LogP contribution in [-0.2, 0) is 11.3 Å². The van der Waals surface area contributed by atoms with Crippen LogP contribution in [0, 0.1) is 11.3 Å². The summed E-state index contributed by atoms with van der Waals surface area (Å²) in [5.41, 5.74) is 7.68. The van der Waals surface area contributed by atoms with Gasteiger partial charge in [0.2, 0.25) is 0 Å². The molecule has 234 valence electrons. The average molecular weight is 605 g/mol. The largest absolute Gasteiger partial charge is 0.467 e. The number of pyridine rings is 1. The molecule has 0 fully saturated rings. The van der Waals surface area contributed by atoms with E-state index >= 15 is 0 Å². The number of hydrogen-bond acceptors (Lipinski definition) is 8. The van der Waals surface area contributed by atoms with Crippen LogP contribution in [0.2, 0.25) is 0 Å². The first-order valence-corrected chi connectivity index (χ1v) is 13.9. The molecule has 2 aromatic carbocycles. The highest BCUT2D eigenvalue weighted by Crippen LogP contribution is 2.35. The van der Waals surface area contributed by atoms with Crippen molar-refractivity contribution < 1.29 is 29.3 Å². The van der Waals surface area contributed by atoms with Gasteiger partial charge in [0, 0.05) is 35.9 Å². The molecule has 5 N–H and O–H groups in total. The van der Waals surface area contributed by atoms with Crippen molar-refractivity contribution in [2.45, 2.75) is 65.5 Å². The van der Waals surface area contributed by atoms with Gasteiger partial charge in [-0.25, -0.2) is 14.6 Å². The molecule has 44 heavy (non-hydrogen) atoms. The third-order valence-corrected chi connectivity index (χ3v) is 6.73. The lowest BCUT2D eigenvalue weighted by Gasteiger charge is -2.48. The third kappa shape index (κ3) is 7.75. The molecule has 0 aliphatic carbocycles. The molecular weight excluding hydrogens is 564 g/mol. The Balaban J connectivity index is 2.07. The van der Waals surface area contributed by atoms with Crippen LogP contribution >= 0.6 is 0 Å². The summed E-state index contributed by atoms with van der Waals surface area (Å²) >= 11 is 0. The van der Waals surface area contributed by atoms with Gasteiger partial charge < -0.3 is 25.4 Å². The molecule has 0 unspecified atom stereocenters. The number of para-hydroxylation sites is 1. The van der Waals surface area contributed by atoms with Crippen LogP contribution in [0.5, 0.6) is 5.75 Å². The number of nitrogen functional groups attached to an aromatic ring is 1. The summed E-state index contributed by atoms with van der Waals surface area (Å²) in [6.45, 7) is 10.4. The Morgan fingerprint density at radius 2 is 1.59 bits per heavy atom. The minimum Gasteiger partial charge on any atom is -0.467 e. The molecule has 0 aliphatic heterocycles. The summed E-state index contributed by atoms with van der Waals surface area (Å²) in [5.74, 6) is 0.583. The summed E-state index contributed by atoms with van der Waals surface area (Å²) in [4.78, 5) is 31.5. The van der Waals surface area contributed by atoms with Crippen LogP contribution in [0.4, 0.5) is 15.4 Å². The van der Waals surface area contributed by atoms with Gasteiger partial charge in [0.1, 0.15) is 23.2 Å². The van der Waals surface area contributed by atoms with Crippen molar-refractivity contribution in [3.63, 3.8) is 0 Å². The Bertz CT molecular complexity index is 1510. The fraction of sp³-hybridized carbons (Fsp3) is 0.375. The van der Waals surface area contributed by atoms with Crippen LogP contribution in [0.3, 0.4) is 0 Å². The number of aromatic nitrogens is 1. The first-order chi connectivity index (χ1) is 20.6. The van der Waals surface area contributed by atoms with Gasteiger partial charge >= 0.3 is 12.2 Å². The van der Waals surface area contributed by atoms with Crippen molar-refractivity contribution in [2.24, 2.45) is 0 Å². The SMILES string of the molecule is COCOc1ccccc1-c1cc(-c2cccc(CNC(N(C(=O)O)C(C)(C)C)N(C(=O)O)C(C)(C)C)c2)c(C#N)c(N)n1. The quantitative estimate of drug-likeness (QED) is 0.208. The van der Waals surface area contributed by atoms with Crippen LogP contribution in [0.1, 0.15) is 52.7 Å². The number of nitriles is 1. The number of amides is 2. The molecule has 0 bridgehead atoms. The van der Waals surface area contributed by atoms with Crippen molar-refractivity contribution in [3.8, 4) is 34.2 Å². The molecule has 2 amide bonds. The summed E-state index contributed by atoms with van der Waals surface area (Å²) < 4.78 is 10.8. The van der Waals surface area contributed by atoms with Gasteiger partial charge in [-0.2, -0.15) is 5.26 Å². The number of rotatable bonds is 10. The fourth-order valence-electron chi connectivity index (χ4n) is 4.85. The molecule has 0 atom stereocenters. The van der Waals surface area contributed by atoms with Crippen LogP contribution in [-0.4, -0.2) is 68.5 Å². The van der Waals surface area contributed by atoms with E-state index in [1.54, 1.807) is 59.7 Å². The maximum absolute atomic E-state index is 12.4. The van der Waals surface area contributed by atoms with Gasteiger partial charge in [0.15, 0.2) is 13.1 Å². The van der Waals surface area contributed by atoms with Gasteiger partial charge in [0.05, 0.1) is 5.69 Å². The molecule has 1 heterocycles. The van der Waals surface area contributed by atoms with Crippen molar-refractivity contribution in [1.29, 1.82) is 5.26 Å². The monoisotopic (exact) mass is 604 g/mol. The second-order valence-electron chi connectivity index (χ2n) is 12.1. The number of nitrogens with one attached hydrogen (secondary N) is 1. The van der Waals surface area contributed by atoms with Gasteiger partial charge in [-0.3, -0.25) is 15.1 Å². The molecule has 12 nitrogen and oxygen atoms in total. The number of nitrogens with two attached hydrogens (primary N) is 1. The summed E-state index contributed by atoms with van der Waals surface area (Å²) in [7, 11) is 1.52. The van der Waals surface area contributed by atoms with E-state index in [4.69, 9.17) is 15.2 Å². The third-order valence-electron chi connectivity index (χ3n) is 6.73. The van der Waals surface area contributed by atoms with Crippen molar-refractivity contribution in [1.82, 2.24) is 20.1 Å². The van der Waals surface area contributed by atoms with Gasteiger partial charge in [-0.1, -0.05) is 30.3 Å². The minimum absolute atomic E-state index is 0.0364. The molecule has 0 aliphatic rings. The number of ether oxygens (including phenoxy) is 2. The molecule has 3 aromatic rings. The van der Waals surface area contributed by atoms with E-state index in [0.29, 0.717) is 28.1 Å². The maximum atomic E-state index is 12.4. The second kappa shape index (κ2) is 13.6. The molecule has 0 spiro atoms. The summed E-state index contributed by atoms with van der Waals surface area (Å²) in [5, 5.41) is 33.4. The molecule has 0 saturated heterocycles. The van der Waals surface area contributed by atoms with E-state index in [1.807, 2.05) is 36.4 Å². The van der Waals surface area contributed by atoms with Crippen LogP contribution < -0.4 is 15.8 Å². The lowest BCUT2D eigenvalue weighted by Crippen LogP contribution is -2.68. The minimum atomic E-state index is -1.27. The Labute approximate surface area is 257 Å². The van der Waals surface area contributed by atoms with E-state index in [9.17, 15) is 25.1 Å². The summed E-state index contributed by atoms with van der Waals surface area (Å²) in [6.07, 6.45) is -3.75. The van der Waals surface area contributed by atoms with Crippen molar-refractivity contribution >= 4 is 18.0 Å². The van der Waals surface area contributed by atoms with E-state index in [0.717, 1.165) is 15.4 Å². The first kappa shape index (κ1) is 33.6. The summed E-state index contributed by atoms with van der Waals surface area (Å²) in [6, 6.07) is 18.5. The van der Waals surface area contributed by atoms with Gasteiger partial charge in [0.25, 0.3) is 0 Å². The zero-order valence-electron chi connectivity index (χ0n) is 26.1. The molecule has 0 radical (unpaired) electrons. The fourth-order valence-corrected chi connectivity index (χ4v) is 4.85. The van der Waals surface area contributed by atoms with E-state index < -0.39 is 29.6 Å². The maximum Gasteiger partial charge on any atom is 0.410 e. The first-order valence-electron chi connectivity index (χ1n) is 13.9. The number of methoxy groups -OCH3 is 1. The zero-order chi connectivity index (χ0) is 32.8. The molecule has 0 saturated carbocycles. The van der Waals surface area contributed by atoms with E-state index in [-0.39, 0.29) is 24.7 Å². The highest BCUT2D eigenvalue weighted by Gasteiger charge is 2.42. The Morgan fingerprint density at radius 3 is 2.14 bits per heavy atom. The molecule has 3 rings (SSSR count). The second-order valence-corrected chi connectivity index (χ2v) is 12.1. The molecule has 12 heteroatoms.